The van der Waals surface area contributed by atoms with Crippen molar-refractivity contribution in [2.45, 2.75) is 24.7 Å². The molecule has 0 aromatic heterocycles. The van der Waals surface area contributed by atoms with Gasteiger partial charge in [0.1, 0.15) is 0 Å². The summed E-state index contributed by atoms with van der Waals surface area (Å²) in [4.78, 5) is 12.3. The fraction of sp³-hybridized carbons (Fsp3) is 0.533. The van der Waals surface area contributed by atoms with Gasteiger partial charge in [-0.05, 0) is 42.7 Å². The first kappa shape index (κ1) is 15.7. The van der Waals surface area contributed by atoms with E-state index in [1.807, 2.05) is 24.3 Å². The van der Waals surface area contributed by atoms with Crippen LogP contribution in [0.2, 0.25) is 5.02 Å². The maximum Gasteiger partial charge on any atom is 0.230 e. The Kier molecular flexibility index (Phi) is 5.75. The highest BCUT2D eigenvalue weighted by Gasteiger charge is 2.50. The topological polar surface area (TPSA) is 49.3 Å². The molecule has 110 valence electrons. The molecule has 2 rings (SSSR count). The molecule has 1 aliphatic rings. The van der Waals surface area contributed by atoms with Crippen molar-refractivity contribution in [3.8, 4) is 0 Å². The van der Waals surface area contributed by atoms with Crippen molar-refractivity contribution in [3.63, 3.8) is 0 Å². The molecule has 0 saturated heterocycles. The highest BCUT2D eigenvalue weighted by atomic mass is 35.5. The van der Waals surface area contributed by atoms with Crippen LogP contribution in [0.1, 0.15) is 24.8 Å². The lowest BCUT2D eigenvalue weighted by Gasteiger charge is -2.15. The quantitative estimate of drug-likeness (QED) is 0.725. The molecule has 0 atom stereocenters. The molecule has 0 spiro atoms. The van der Waals surface area contributed by atoms with Gasteiger partial charge in [-0.2, -0.15) is 11.8 Å². The first-order chi connectivity index (χ1) is 9.69. The Labute approximate surface area is 129 Å². The van der Waals surface area contributed by atoms with Gasteiger partial charge in [-0.15, -0.1) is 0 Å². The Balaban J connectivity index is 1.78. The van der Waals surface area contributed by atoms with Crippen LogP contribution < -0.4 is 5.32 Å². The number of rotatable bonds is 8. The molecule has 1 saturated carbocycles. The molecule has 1 aromatic carbocycles. The minimum atomic E-state index is -0.319. The lowest BCUT2D eigenvalue weighted by Crippen LogP contribution is -2.36. The number of aliphatic hydroxyl groups excluding tert-OH is 1. The number of amides is 1. The number of benzene rings is 1. The van der Waals surface area contributed by atoms with Crippen molar-refractivity contribution in [2.75, 3.05) is 24.7 Å². The number of thioether (sulfide) groups is 1. The lowest BCUT2D eigenvalue weighted by atomic mass is 9.95. The van der Waals surface area contributed by atoms with E-state index in [0.717, 1.165) is 36.3 Å². The molecule has 1 amide bonds. The number of nitrogens with one attached hydrogen (secondary N) is 1. The molecular weight excluding hydrogens is 294 g/mol. The van der Waals surface area contributed by atoms with Gasteiger partial charge in [-0.3, -0.25) is 4.79 Å². The molecule has 0 bridgehead atoms. The van der Waals surface area contributed by atoms with Crippen LogP contribution in [0, 0.1) is 0 Å². The summed E-state index contributed by atoms with van der Waals surface area (Å²) in [6.45, 7) is 0.920. The van der Waals surface area contributed by atoms with Crippen LogP contribution >= 0.6 is 23.4 Å². The van der Waals surface area contributed by atoms with E-state index in [1.54, 1.807) is 11.8 Å². The summed E-state index contributed by atoms with van der Waals surface area (Å²) in [5.74, 6) is 1.96. The Morgan fingerprint density at radius 2 is 2.00 bits per heavy atom. The SMILES string of the molecule is O=C(NCCSCCCO)C1(c2ccc(Cl)cc2)CC1. The van der Waals surface area contributed by atoms with E-state index >= 15 is 0 Å². The molecular formula is C15H20ClNO2S. The minimum Gasteiger partial charge on any atom is -0.396 e. The normalized spacial score (nSPS) is 15.9. The van der Waals surface area contributed by atoms with Crippen molar-refractivity contribution in [1.82, 2.24) is 5.32 Å². The first-order valence-corrected chi connectivity index (χ1v) is 8.45. The van der Waals surface area contributed by atoms with E-state index in [9.17, 15) is 4.79 Å². The molecule has 2 N–H and O–H groups in total. The van der Waals surface area contributed by atoms with Crippen molar-refractivity contribution < 1.29 is 9.90 Å². The average Bonchev–Trinajstić information content (AvgIpc) is 3.25. The number of aliphatic hydroxyl groups is 1. The summed E-state index contributed by atoms with van der Waals surface area (Å²) >= 11 is 7.64. The van der Waals surface area contributed by atoms with E-state index < -0.39 is 0 Å². The van der Waals surface area contributed by atoms with Crippen LogP contribution in [0.4, 0.5) is 0 Å². The Hall–Kier alpha value is -0.710. The molecule has 1 aliphatic carbocycles. The van der Waals surface area contributed by atoms with Gasteiger partial charge in [-0.25, -0.2) is 0 Å². The number of halogens is 1. The number of hydrogen-bond donors (Lipinski definition) is 2. The lowest BCUT2D eigenvalue weighted by molar-refractivity contribution is -0.123. The molecule has 0 heterocycles. The van der Waals surface area contributed by atoms with Crippen LogP contribution in [-0.4, -0.2) is 35.7 Å². The zero-order chi connectivity index (χ0) is 14.4. The average molecular weight is 314 g/mol. The van der Waals surface area contributed by atoms with Crippen LogP contribution in [0.5, 0.6) is 0 Å². The van der Waals surface area contributed by atoms with E-state index in [4.69, 9.17) is 16.7 Å². The van der Waals surface area contributed by atoms with Crippen molar-refractivity contribution in [1.29, 1.82) is 0 Å². The number of carbonyl (C=O) groups is 1. The Morgan fingerprint density at radius 1 is 1.30 bits per heavy atom. The third-order valence-electron chi connectivity index (χ3n) is 3.56. The van der Waals surface area contributed by atoms with Crippen molar-refractivity contribution in [2.24, 2.45) is 0 Å². The van der Waals surface area contributed by atoms with Gasteiger partial charge < -0.3 is 10.4 Å². The summed E-state index contributed by atoms with van der Waals surface area (Å²) in [5.41, 5.74) is 0.743. The van der Waals surface area contributed by atoms with E-state index in [0.29, 0.717) is 11.6 Å². The van der Waals surface area contributed by atoms with E-state index in [2.05, 4.69) is 5.32 Å². The van der Waals surface area contributed by atoms with E-state index in [1.165, 1.54) is 0 Å². The molecule has 3 nitrogen and oxygen atoms in total. The summed E-state index contributed by atoms with van der Waals surface area (Å²) in [6.07, 6.45) is 2.64. The summed E-state index contributed by atoms with van der Waals surface area (Å²) in [6, 6.07) is 7.58. The van der Waals surface area contributed by atoms with Crippen LogP contribution in [0.15, 0.2) is 24.3 Å². The Bertz CT molecular complexity index is 446. The first-order valence-electron chi connectivity index (χ1n) is 6.92. The Morgan fingerprint density at radius 3 is 2.60 bits per heavy atom. The second-order valence-electron chi connectivity index (χ2n) is 5.03. The summed E-state index contributed by atoms with van der Waals surface area (Å²) in [5, 5.41) is 12.4. The highest BCUT2D eigenvalue weighted by molar-refractivity contribution is 7.99. The summed E-state index contributed by atoms with van der Waals surface area (Å²) in [7, 11) is 0. The molecule has 5 heteroatoms. The second kappa shape index (κ2) is 7.34. The fourth-order valence-electron chi connectivity index (χ4n) is 2.22. The molecule has 0 radical (unpaired) electrons. The molecule has 20 heavy (non-hydrogen) atoms. The third-order valence-corrected chi connectivity index (χ3v) is 4.88. The smallest absolute Gasteiger partial charge is 0.230 e. The molecule has 0 aliphatic heterocycles. The molecule has 1 aromatic rings. The van der Waals surface area contributed by atoms with Gasteiger partial charge in [0.15, 0.2) is 0 Å². The molecule has 1 fully saturated rings. The number of carbonyl (C=O) groups excluding carboxylic acids is 1. The van der Waals surface area contributed by atoms with Crippen LogP contribution in [-0.2, 0) is 10.2 Å². The monoisotopic (exact) mass is 313 g/mol. The van der Waals surface area contributed by atoms with Crippen molar-refractivity contribution in [3.05, 3.63) is 34.9 Å². The van der Waals surface area contributed by atoms with Crippen LogP contribution in [0.25, 0.3) is 0 Å². The zero-order valence-electron chi connectivity index (χ0n) is 11.4. The predicted molar refractivity (Wildman–Crippen MR) is 84.4 cm³/mol. The predicted octanol–water partition coefficient (Wildman–Crippen LogP) is 2.60. The van der Waals surface area contributed by atoms with Gasteiger partial charge in [0.2, 0.25) is 5.91 Å². The van der Waals surface area contributed by atoms with Gasteiger partial charge in [0.25, 0.3) is 0 Å². The van der Waals surface area contributed by atoms with Gasteiger partial charge >= 0.3 is 0 Å². The van der Waals surface area contributed by atoms with E-state index in [-0.39, 0.29) is 17.9 Å². The van der Waals surface area contributed by atoms with Gasteiger partial charge in [-0.1, -0.05) is 23.7 Å². The fourth-order valence-corrected chi connectivity index (χ4v) is 3.13. The maximum absolute atomic E-state index is 12.3. The summed E-state index contributed by atoms with van der Waals surface area (Å²) < 4.78 is 0. The molecule has 0 unspecified atom stereocenters. The third kappa shape index (κ3) is 3.90. The second-order valence-corrected chi connectivity index (χ2v) is 6.70. The van der Waals surface area contributed by atoms with Gasteiger partial charge in [0.05, 0.1) is 5.41 Å². The minimum absolute atomic E-state index is 0.127. The maximum atomic E-state index is 12.3. The zero-order valence-corrected chi connectivity index (χ0v) is 13.0. The highest BCUT2D eigenvalue weighted by Crippen LogP contribution is 2.48. The largest absolute Gasteiger partial charge is 0.396 e. The van der Waals surface area contributed by atoms with Gasteiger partial charge in [0, 0.05) is 23.9 Å². The number of hydrogen-bond acceptors (Lipinski definition) is 3. The van der Waals surface area contributed by atoms with Crippen molar-refractivity contribution >= 4 is 29.3 Å². The standard InChI is InChI=1S/C15H20ClNO2S/c16-13-4-2-12(3-5-13)15(6-7-15)14(19)17-8-11-20-10-1-9-18/h2-5,18H,1,6-11H2,(H,17,19). The van der Waals surface area contributed by atoms with Crippen LogP contribution in [0.3, 0.4) is 0 Å².